The molecule has 4 aliphatic rings. The molecule has 8 aromatic rings. The first-order chi connectivity index (χ1) is 35.1. The van der Waals surface area contributed by atoms with Crippen LogP contribution in [0.4, 0.5) is 0 Å². The largest absolute Gasteiger partial charge is 0.479 e. The van der Waals surface area contributed by atoms with E-state index in [0.717, 1.165) is 59.6 Å². The molecule has 364 valence electrons. The number of amides is 2. The van der Waals surface area contributed by atoms with Gasteiger partial charge in [0.2, 0.25) is 0 Å². The summed E-state index contributed by atoms with van der Waals surface area (Å²) in [6, 6.07) is 29.6. The molecule has 4 aromatic carbocycles. The van der Waals surface area contributed by atoms with Gasteiger partial charge in [-0.1, -0.05) is 47.5 Å². The molecule has 2 fully saturated rings. The summed E-state index contributed by atoms with van der Waals surface area (Å²) in [5.41, 5.74) is 7.66. The van der Waals surface area contributed by atoms with E-state index in [0.29, 0.717) is 93.8 Å². The number of hydrogen-bond donors (Lipinski definition) is 2. The molecule has 4 aliphatic heterocycles. The number of hydrogen-bond acceptors (Lipinski definition) is 12. The van der Waals surface area contributed by atoms with E-state index < -0.39 is 12.2 Å². The van der Waals surface area contributed by atoms with E-state index in [1.54, 1.807) is 46.3 Å². The first kappa shape index (κ1) is 46.9. The third kappa shape index (κ3) is 9.65. The van der Waals surface area contributed by atoms with Crippen LogP contribution in [0.2, 0.25) is 10.0 Å². The number of ether oxygens (including phenoxy) is 2. The highest BCUT2D eigenvalue weighted by molar-refractivity contribution is 6.31. The second kappa shape index (κ2) is 20.3. The predicted molar refractivity (Wildman–Crippen MR) is 275 cm³/mol. The lowest BCUT2D eigenvalue weighted by atomic mass is 10.0. The topological polar surface area (TPSA) is 179 Å². The Kier molecular flexibility index (Phi) is 13.2. The van der Waals surface area contributed by atoms with Gasteiger partial charge in [0, 0.05) is 110 Å². The fraction of sp³-hybridized carbons (Fsp3) is 0.259. The summed E-state index contributed by atoms with van der Waals surface area (Å²) in [6.45, 7) is 6.43. The number of halogens is 2. The normalized spacial score (nSPS) is 17.1. The average Bonchev–Trinajstić information content (AvgIpc) is 4.05. The van der Waals surface area contributed by atoms with Crippen molar-refractivity contribution in [3.8, 4) is 33.8 Å². The molecule has 0 unspecified atom stereocenters. The Morgan fingerprint density at radius 2 is 0.972 bits per heavy atom. The summed E-state index contributed by atoms with van der Waals surface area (Å²) in [5, 5.41) is 8.83. The SMILES string of the molecule is O=C([C@@H]1Cc2cc(Cl)cc(-c3ccnc(Cn4cnc5ccccc5c4=O)c3)c2O1)N1CCNCC1.O=C([C@H]1Cc2cc(Cl)cc(-c3ccnc(Cn4cnc5ccccc5c4=O)c3)c2O1)N1CCNCC1. The lowest BCUT2D eigenvalue weighted by molar-refractivity contribution is -0.139. The van der Waals surface area contributed by atoms with E-state index in [2.05, 4.69) is 30.6 Å². The van der Waals surface area contributed by atoms with Crippen molar-refractivity contribution in [1.29, 1.82) is 0 Å². The van der Waals surface area contributed by atoms with Crippen LogP contribution in [0.1, 0.15) is 22.5 Å². The lowest BCUT2D eigenvalue weighted by Gasteiger charge is -2.29. The van der Waals surface area contributed by atoms with Crippen molar-refractivity contribution in [2.24, 2.45) is 0 Å². The fourth-order valence-electron chi connectivity index (χ4n) is 9.78. The van der Waals surface area contributed by atoms with Crippen molar-refractivity contribution >= 4 is 56.8 Å². The number of fused-ring (bicyclic) bond motifs is 4. The number of carbonyl (C=O) groups is 2. The number of benzene rings is 4. The smallest absolute Gasteiger partial charge is 0.264 e. The maximum absolute atomic E-state index is 13.1. The average molecular weight is 1000 g/mol. The second-order valence-corrected chi connectivity index (χ2v) is 19.0. The minimum absolute atomic E-state index is 0.00775. The van der Waals surface area contributed by atoms with Crippen molar-refractivity contribution in [3.63, 3.8) is 0 Å². The number of nitrogens with zero attached hydrogens (tertiary/aromatic N) is 8. The first-order valence-electron chi connectivity index (χ1n) is 23.9. The van der Waals surface area contributed by atoms with E-state index >= 15 is 0 Å². The van der Waals surface area contributed by atoms with E-state index in [9.17, 15) is 19.2 Å². The van der Waals surface area contributed by atoms with E-state index in [4.69, 9.17) is 32.7 Å². The zero-order chi connectivity index (χ0) is 49.3. The Morgan fingerprint density at radius 1 is 0.556 bits per heavy atom. The molecule has 4 aromatic heterocycles. The van der Waals surface area contributed by atoms with Gasteiger partial charge in [-0.15, -0.1) is 0 Å². The van der Waals surface area contributed by atoms with Crippen molar-refractivity contribution in [3.05, 3.63) is 175 Å². The van der Waals surface area contributed by atoms with Gasteiger partial charge in [0.05, 0.1) is 58.9 Å². The molecular formula is C54H48Cl2N10O6. The van der Waals surface area contributed by atoms with Crippen LogP contribution in [-0.4, -0.2) is 115 Å². The quantitative estimate of drug-likeness (QED) is 0.188. The number of para-hydroxylation sites is 2. The van der Waals surface area contributed by atoms with Gasteiger partial charge in [-0.25, -0.2) is 9.97 Å². The third-order valence-corrected chi connectivity index (χ3v) is 13.8. The molecular weight excluding hydrogens is 956 g/mol. The van der Waals surface area contributed by atoms with E-state index in [1.165, 1.54) is 0 Å². The number of rotatable bonds is 8. The Labute approximate surface area is 423 Å². The van der Waals surface area contributed by atoms with Gasteiger partial charge in [0.1, 0.15) is 11.5 Å². The highest BCUT2D eigenvalue weighted by Gasteiger charge is 2.36. The molecule has 2 saturated heterocycles. The van der Waals surface area contributed by atoms with Crippen molar-refractivity contribution < 1.29 is 19.1 Å². The Hall–Kier alpha value is -7.50. The molecule has 0 spiro atoms. The predicted octanol–water partition coefficient (Wildman–Crippen LogP) is 5.79. The van der Waals surface area contributed by atoms with Crippen LogP contribution in [0.25, 0.3) is 44.1 Å². The Balaban J connectivity index is 0.000000156. The number of pyridine rings is 2. The van der Waals surface area contributed by atoms with Crippen molar-refractivity contribution in [2.75, 3.05) is 52.4 Å². The van der Waals surface area contributed by atoms with Crippen molar-refractivity contribution in [1.82, 2.24) is 49.5 Å². The molecule has 0 radical (unpaired) electrons. The molecule has 0 saturated carbocycles. The summed E-state index contributed by atoms with van der Waals surface area (Å²) in [5.74, 6) is 1.37. The van der Waals surface area contributed by atoms with Crippen LogP contribution in [0.15, 0.2) is 132 Å². The molecule has 0 aliphatic carbocycles. The molecule has 12 rings (SSSR count). The third-order valence-electron chi connectivity index (χ3n) is 13.4. The summed E-state index contributed by atoms with van der Waals surface area (Å²) in [6.07, 6.45) is 6.37. The van der Waals surface area contributed by atoms with Gasteiger partial charge in [0.25, 0.3) is 22.9 Å². The number of carbonyl (C=O) groups excluding carboxylic acids is 2. The highest BCUT2D eigenvalue weighted by atomic mass is 35.5. The maximum Gasteiger partial charge on any atom is 0.264 e. The summed E-state index contributed by atoms with van der Waals surface area (Å²) >= 11 is 12.9. The van der Waals surface area contributed by atoms with Crippen LogP contribution in [0, 0.1) is 0 Å². The molecule has 0 bridgehead atoms. The molecule has 2 amide bonds. The van der Waals surface area contributed by atoms with Crippen LogP contribution in [0.5, 0.6) is 11.5 Å². The van der Waals surface area contributed by atoms with Gasteiger partial charge in [-0.05, 0) is 83.9 Å². The van der Waals surface area contributed by atoms with Crippen LogP contribution >= 0.6 is 23.2 Å². The highest BCUT2D eigenvalue weighted by Crippen LogP contribution is 2.43. The molecule has 2 atom stereocenters. The number of piperazine rings is 2. The summed E-state index contributed by atoms with van der Waals surface area (Å²) in [7, 11) is 0. The van der Waals surface area contributed by atoms with Gasteiger partial charge in [0.15, 0.2) is 12.2 Å². The van der Waals surface area contributed by atoms with Gasteiger partial charge in [-0.3, -0.25) is 38.3 Å². The summed E-state index contributed by atoms with van der Waals surface area (Å²) in [4.78, 5) is 73.5. The van der Waals surface area contributed by atoms with Crippen LogP contribution in [0.3, 0.4) is 0 Å². The minimum atomic E-state index is -0.557. The first-order valence-corrected chi connectivity index (χ1v) is 24.7. The second-order valence-electron chi connectivity index (χ2n) is 18.1. The van der Waals surface area contributed by atoms with E-state index in [-0.39, 0.29) is 36.0 Å². The zero-order valence-electron chi connectivity index (χ0n) is 39.0. The van der Waals surface area contributed by atoms with Crippen LogP contribution < -0.4 is 31.2 Å². The summed E-state index contributed by atoms with van der Waals surface area (Å²) < 4.78 is 15.6. The maximum atomic E-state index is 13.1. The number of aromatic nitrogens is 6. The Bertz CT molecular complexity index is 3290. The molecule has 72 heavy (non-hydrogen) atoms. The zero-order valence-corrected chi connectivity index (χ0v) is 40.5. The monoisotopic (exact) mass is 1000 g/mol. The fourth-order valence-corrected chi connectivity index (χ4v) is 10.3. The molecule has 18 heteroatoms. The molecule has 8 heterocycles. The van der Waals surface area contributed by atoms with Gasteiger partial charge in [-0.2, -0.15) is 0 Å². The number of nitrogens with one attached hydrogen (secondary N) is 2. The van der Waals surface area contributed by atoms with Gasteiger partial charge < -0.3 is 29.9 Å². The lowest BCUT2D eigenvalue weighted by Crippen LogP contribution is -2.50. The van der Waals surface area contributed by atoms with Crippen molar-refractivity contribution in [2.45, 2.75) is 38.1 Å². The minimum Gasteiger partial charge on any atom is -0.479 e. The molecule has 16 nitrogen and oxygen atoms in total. The van der Waals surface area contributed by atoms with E-state index in [1.807, 2.05) is 94.7 Å². The molecule has 2 N–H and O–H groups in total. The Morgan fingerprint density at radius 3 is 1.40 bits per heavy atom. The van der Waals surface area contributed by atoms with Crippen LogP contribution in [-0.2, 0) is 35.5 Å². The van der Waals surface area contributed by atoms with Gasteiger partial charge >= 0.3 is 0 Å². The standard InChI is InChI=1S/2C27H24ClN5O3/c2*28-19-11-18-13-24(27(35)32-9-7-29-8-10-32)36-25(18)22(14-19)17-5-6-30-20(12-17)15-33-16-31-23-4-2-1-3-21(23)26(33)34/h2*1-6,11-12,14,16,24,29H,7-10,13,15H2/t2*24-/m10/s1.